The van der Waals surface area contributed by atoms with E-state index in [0.29, 0.717) is 12.6 Å². The van der Waals surface area contributed by atoms with Crippen LogP contribution in [0.5, 0.6) is 0 Å². The summed E-state index contributed by atoms with van der Waals surface area (Å²) in [4.78, 5) is 14.5. The number of hydrogen-bond donors (Lipinski definition) is 3. The molecule has 0 aliphatic carbocycles. The van der Waals surface area contributed by atoms with Crippen LogP contribution < -0.4 is 15.4 Å². The minimum absolute atomic E-state index is 0.193. The fraction of sp³-hybridized carbons (Fsp3) is 0.650. The molecule has 8 heteroatoms. The van der Waals surface area contributed by atoms with Gasteiger partial charge in [-0.25, -0.2) is 17.9 Å². The fourth-order valence-electron chi connectivity index (χ4n) is 3.47. The van der Waals surface area contributed by atoms with E-state index in [-0.39, 0.29) is 12.6 Å². The van der Waals surface area contributed by atoms with Gasteiger partial charge in [-0.1, -0.05) is 30.7 Å². The number of piperidine rings is 1. The Kier molecular flexibility index (Phi) is 7.86. The minimum Gasteiger partial charge on any atom is -0.336 e. The Bertz CT molecular complexity index is 747. The third-order valence-electron chi connectivity index (χ3n) is 4.95. The van der Waals surface area contributed by atoms with Crippen LogP contribution in [0, 0.1) is 0 Å². The lowest BCUT2D eigenvalue weighted by Gasteiger charge is -2.33. The molecule has 1 unspecified atom stereocenters. The Balaban J connectivity index is 1.75. The van der Waals surface area contributed by atoms with Gasteiger partial charge in [0.05, 0.1) is 6.26 Å². The van der Waals surface area contributed by atoms with Crippen LogP contribution in [0.3, 0.4) is 0 Å². The molecule has 1 atom stereocenters. The van der Waals surface area contributed by atoms with Gasteiger partial charge in [0, 0.05) is 31.2 Å². The summed E-state index contributed by atoms with van der Waals surface area (Å²) in [7, 11) is -3.33. The monoisotopic (exact) mass is 410 g/mol. The number of carbonyl (C=O) groups excluding carboxylic acids is 1. The predicted octanol–water partition coefficient (Wildman–Crippen LogP) is 2.19. The lowest BCUT2D eigenvalue weighted by molar-refractivity contribution is 0.152. The van der Waals surface area contributed by atoms with Gasteiger partial charge in [0.1, 0.15) is 0 Å². The second-order valence-corrected chi connectivity index (χ2v) is 10.2. The largest absolute Gasteiger partial charge is 0.336 e. The van der Waals surface area contributed by atoms with Crippen LogP contribution >= 0.6 is 0 Å². The second kappa shape index (κ2) is 9.71. The molecule has 1 aliphatic heterocycles. The number of benzene rings is 1. The SMILES string of the molecule is CC1CCCCN1Cc1ccc(CNC(=O)NCC(C)(C)NS(C)(=O)=O)cc1. The molecule has 28 heavy (non-hydrogen) atoms. The summed E-state index contributed by atoms with van der Waals surface area (Å²) in [5.41, 5.74) is 1.56. The number of hydrogen-bond acceptors (Lipinski definition) is 4. The first kappa shape index (κ1) is 22.6. The molecule has 0 aromatic heterocycles. The van der Waals surface area contributed by atoms with E-state index < -0.39 is 15.6 Å². The Hall–Kier alpha value is -1.64. The summed E-state index contributed by atoms with van der Waals surface area (Å²) in [6, 6.07) is 8.64. The van der Waals surface area contributed by atoms with Crippen molar-refractivity contribution in [3.8, 4) is 0 Å². The highest BCUT2D eigenvalue weighted by Crippen LogP contribution is 2.19. The van der Waals surface area contributed by atoms with Gasteiger partial charge < -0.3 is 10.6 Å². The number of sulfonamides is 1. The van der Waals surface area contributed by atoms with E-state index in [1.165, 1.54) is 24.8 Å². The average Bonchev–Trinajstić information content (AvgIpc) is 2.59. The van der Waals surface area contributed by atoms with Crippen molar-refractivity contribution in [2.45, 2.75) is 64.7 Å². The van der Waals surface area contributed by atoms with E-state index in [4.69, 9.17) is 0 Å². The highest BCUT2D eigenvalue weighted by Gasteiger charge is 2.22. The summed E-state index contributed by atoms with van der Waals surface area (Å²) in [5.74, 6) is 0. The third kappa shape index (κ3) is 8.16. The van der Waals surface area contributed by atoms with Crippen LogP contribution in [0.4, 0.5) is 4.79 Å². The lowest BCUT2D eigenvalue weighted by atomic mass is 10.0. The van der Waals surface area contributed by atoms with Crippen molar-refractivity contribution in [1.29, 1.82) is 0 Å². The van der Waals surface area contributed by atoms with Crippen molar-refractivity contribution in [3.63, 3.8) is 0 Å². The quantitative estimate of drug-likeness (QED) is 0.613. The number of urea groups is 1. The summed E-state index contributed by atoms with van der Waals surface area (Å²) in [6.45, 7) is 8.48. The zero-order valence-corrected chi connectivity index (χ0v) is 18.2. The molecule has 2 rings (SSSR count). The van der Waals surface area contributed by atoms with Crippen molar-refractivity contribution < 1.29 is 13.2 Å². The van der Waals surface area contributed by atoms with Crippen molar-refractivity contribution in [2.24, 2.45) is 0 Å². The molecule has 1 aromatic carbocycles. The Morgan fingerprint density at radius 1 is 1.14 bits per heavy atom. The van der Waals surface area contributed by atoms with Crippen LogP contribution in [-0.4, -0.2) is 50.3 Å². The molecule has 2 amide bonds. The van der Waals surface area contributed by atoms with Gasteiger partial charge in [0.25, 0.3) is 0 Å². The molecule has 0 radical (unpaired) electrons. The number of likely N-dealkylation sites (tertiary alicyclic amines) is 1. The number of carbonyl (C=O) groups is 1. The first-order valence-electron chi connectivity index (χ1n) is 9.87. The number of amides is 2. The van der Waals surface area contributed by atoms with Gasteiger partial charge >= 0.3 is 6.03 Å². The minimum atomic E-state index is -3.33. The Morgan fingerprint density at radius 3 is 2.39 bits per heavy atom. The van der Waals surface area contributed by atoms with Gasteiger partial charge in [0.15, 0.2) is 0 Å². The Morgan fingerprint density at radius 2 is 1.79 bits per heavy atom. The predicted molar refractivity (Wildman–Crippen MR) is 112 cm³/mol. The molecule has 1 saturated heterocycles. The smallest absolute Gasteiger partial charge is 0.315 e. The Labute approximate surface area is 169 Å². The maximum Gasteiger partial charge on any atom is 0.315 e. The molecule has 3 N–H and O–H groups in total. The van der Waals surface area contributed by atoms with Crippen LogP contribution in [0.25, 0.3) is 0 Å². The lowest BCUT2D eigenvalue weighted by Crippen LogP contribution is -2.52. The molecule has 7 nitrogen and oxygen atoms in total. The number of nitrogens with zero attached hydrogens (tertiary/aromatic N) is 1. The summed E-state index contributed by atoms with van der Waals surface area (Å²) >= 11 is 0. The molecule has 0 bridgehead atoms. The average molecular weight is 411 g/mol. The van der Waals surface area contributed by atoms with Gasteiger partial charge in [-0.2, -0.15) is 0 Å². The van der Waals surface area contributed by atoms with E-state index in [0.717, 1.165) is 24.9 Å². The molecule has 1 fully saturated rings. The zero-order valence-electron chi connectivity index (χ0n) is 17.4. The topological polar surface area (TPSA) is 90.5 Å². The van der Waals surface area contributed by atoms with E-state index in [2.05, 4.69) is 39.3 Å². The first-order valence-corrected chi connectivity index (χ1v) is 11.8. The van der Waals surface area contributed by atoms with Crippen molar-refractivity contribution >= 4 is 16.1 Å². The summed E-state index contributed by atoms with van der Waals surface area (Å²) in [6.07, 6.45) is 4.97. The van der Waals surface area contributed by atoms with Crippen molar-refractivity contribution in [2.75, 3.05) is 19.3 Å². The van der Waals surface area contributed by atoms with Gasteiger partial charge in [-0.05, 0) is 51.3 Å². The fourth-order valence-corrected chi connectivity index (χ4v) is 4.55. The number of rotatable bonds is 8. The summed E-state index contributed by atoms with van der Waals surface area (Å²) < 4.78 is 25.2. The second-order valence-electron chi connectivity index (χ2n) is 8.43. The van der Waals surface area contributed by atoms with Crippen LogP contribution in [0.15, 0.2) is 24.3 Å². The standard InChI is InChI=1S/C20H34N4O3S/c1-16-7-5-6-12-24(16)14-18-10-8-17(9-11-18)13-21-19(25)22-15-20(2,3)23-28(4,26)27/h8-11,16,23H,5-7,12-15H2,1-4H3,(H2,21,22,25). The molecule has 0 saturated carbocycles. The molecule has 158 valence electrons. The van der Waals surface area contributed by atoms with E-state index in [1.54, 1.807) is 13.8 Å². The maximum absolute atomic E-state index is 12.0. The summed E-state index contributed by atoms with van der Waals surface area (Å²) in [5, 5.41) is 5.51. The molecule has 1 heterocycles. The highest BCUT2D eigenvalue weighted by molar-refractivity contribution is 7.88. The van der Waals surface area contributed by atoms with Crippen LogP contribution in [-0.2, 0) is 23.1 Å². The maximum atomic E-state index is 12.0. The zero-order chi connectivity index (χ0) is 20.8. The normalized spacial score (nSPS) is 18.6. The van der Waals surface area contributed by atoms with Crippen molar-refractivity contribution in [1.82, 2.24) is 20.3 Å². The first-order chi connectivity index (χ1) is 13.0. The van der Waals surface area contributed by atoms with Crippen molar-refractivity contribution in [3.05, 3.63) is 35.4 Å². The molecule has 1 aromatic rings. The van der Waals surface area contributed by atoms with Gasteiger partial charge in [-0.3, -0.25) is 4.90 Å². The van der Waals surface area contributed by atoms with E-state index in [1.807, 2.05) is 12.1 Å². The molecule has 0 spiro atoms. The van der Waals surface area contributed by atoms with E-state index in [9.17, 15) is 13.2 Å². The molecular weight excluding hydrogens is 376 g/mol. The highest BCUT2D eigenvalue weighted by atomic mass is 32.2. The van der Waals surface area contributed by atoms with E-state index >= 15 is 0 Å². The molecule has 1 aliphatic rings. The van der Waals surface area contributed by atoms with Crippen LogP contribution in [0.1, 0.15) is 51.2 Å². The molecular formula is C20H34N4O3S. The number of nitrogens with one attached hydrogen (secondary N) is 3. The van der Waals surface area contributed by atoms with Gasteiger partial charge in [-0.15, -0.1) is 0 Å². The third-order valence-corrected chi connectivity index (χ3v) is 5.88. The van der Waals surface area contributed by atoms with Crippen LogP contribution in [0.2, 0.25) is 0 Å². The van der Waals surface area contributed by atoms with Gasteiger partial charge in [0.2, 0.25) is 10.0 Å².